The summed E-state index contributed by atoms with van der Waals surface area (Å²) in [5.41, 5.74) is 0. The molecule has 5 heteroatoms. The lowest BCUT2D eigenvalue weighted by Gasteiger charge is -2.26. The Morgan fingerprint density at radius 2 is 1.22 bits per heavy atom. The first-order valence-electron chi connectivity index (χ1n) is 8.01. The molecule has 1 aliphatic carbocycles. The van der Waals surface area contributed by atoms with E-state index in [1.54, 1.807) is 24.3 Å². The van der Waals surface area contributed by atoms with Gasteiger partial charge in [0, 0.05) is 0 Å². The summed E-state index contributed by atoms with van der Waals surface area (Å²) >= 11 is 0. The molecule has 2 aromatic rings. The zero-order valence-electron chi connectivity index (χ0n) is 13.0. The van der Waals surface area contributed by atoms with Crippen LogP contribution in [0.3, 0.4) is 0 Å². The molecule has 0 bridgehead atoms. The van der Waals surface area contributed by atoms with Gasteiger partial charge in [-0.05, 0) is 37.1 Å². The van der Waals surface area contributed by atoms with Crippen LogP contribution in [0.25, 0.3) is 0 Å². The monoisotopic (exact) mass is 332 g/mol. The quantitative estimate of drug-likeness (QED) is 0.646. The molecule has 1 fully saturated rings. The largest absolute Gasteiger partial charge is 0.587 e. The number of phosphoric ester groups is 1. The predicted molar refractivity (Wildman–Crippen MR) is 89.7 cm³/mol. The van der Waals surface area contributed by atoms with Gasteiger partial charge in [-0.1, -0.05) is 55.7 Å². The highest BCUT2D eigenvalue weighted by molar-refractivity contribution is 7.49. The standard InChI is InChI=1S/C18H21O4P/c19-23(20-16-10-4-1-5-11-16,21-17-12-6-2-7-13-17)22-18-14-8-3-9-15-18/h1-2,4-7,10-13,18H,3,8-9,14-15H2. The smallest absolute Gasteiger partial charge is 0.395 e. The molecule has 0 heterocycles. The molecule has 23 heavy (non-hydrogen) atoms. The van der Waals surface area contributed by atoms with E-state index in [0.29, 0.717) is 11.5 Å². The molecule has 2 aromatic carbocycles. The van der Waals surface area contributed by atoms with E-state index in [0.717, 1.165) is 25.7 Å². The van der Waals surface area contributed by atoms with Crippen LogP contribution in [0.2, 0.25) is 0 Å². The van der Waals surface area contributed by atoms with Gasteiger partial charge in [-0.25, -0.2) is 4.57 Å². The average Bonchev–Trinajstić information content (AvgIpc) is 2.57. The number of hydrogen-bond donors (Lipinski definition) is 0. The fraction of sp³-hybridized carbons (Fsp3) is 0.333. The Kier molecular flexibility index (Phi) is 5.37. The summed E-state index contributed by atoms with van der Waals surface area (Å²) in [7, 11) is -3.73. The summed E-state index contributed by atoms with van der Waals surface area (Å²) in [6.07, 6.45) is 5.06. The topological polar surface area (TPSA) is 44.8 Å². The lowest BCUT2D eigenvalue weighted by atomic mass is 9.98. The van der Waals surface area contributed by atoms with Crippen LogP contribution in [0.4, 0.5) is 0 Å². The van der Waals surface area contributed by atoms with Crippen LogP contribution in [0.5, 0.6) is 11.5 Å². The van der Waals surface area contributed by atoms with E-state index < -0.39 is 7.82 Å². The van der Waals surface area contributed by atoms with Gasteiger partial charge in [-0.2, -0.15) is 0 Å². The Labute approximate surface area is 137 Å². The maximum absolute atomic E-state index is 13.2. The Hall–Kier alpha value is -1.77. The summed E-state index contributed by atoms with van der Waals surface area (Å²) < 4.78 is 30.2. The van der Waals surface area contributed by atoms with Gasteiger partial charge < -0.3 is 9.05 Å². The molecule has 1 saturated carbocycles. The van der Waals surface area contributed by atoms with Crippen LogP contribution >= 0.6 is 7.82 Å². The molecule has 0 spiro atoms. The Bertz CT molecular complexity index is 593. The summed E-state index contributed by atoms with van der Waals surface area (Å²) in [4.78, 5) is 0. The molecule has 0 saturated heterocycles. The van der Waals surface area contributed by atoms with Crippen molar-refractivity contribution in [2.75, 3.05) is 0 Å². The van der Waals surface area contributed by atoms with Crippen molar-refractivity contribution in [3.05, 3.63) is 60.7 Å². The van der Waals surface area contributed by atoms with Crippen molar-refractivity contribution >= 4 is 7.82 Å². The molecule has 0 radical (unpaired) electrons. The van der Waals surface area contributed by atoms with E-state index in [9.17, 15) is 4.57 Å². The Morgan fingerprint density at radius 1 is 0.739 bits per heavy atom. The molecule has 0 aromatic heterocycles. The zero-order valence-corrected chi connectivity index (χ0v) is 13.9. The maximum atomic E-state index is 13.2. The van der Waals surface area contributed by atoms with Crippen molar-refractivity contribution in [1.29, 1.82) is 0 Å². The highest BCUT2D eigenvalue weighted by Gasteiger charge is 2.35. The normalized spacial score (nSPS) is 16.0. The summed E-state index contributed by atoms with van der Waals surface area (Å²) in [6, 6.07) is 18.0. The van der Waals surface area contributed by atoms with Gasteiger partial charge >= 0.3 is 7.82 Å². The van der Waals surface area contributed by atoms with Crippen LogP contribution in [0, 0.1) is 0 Å². The summed E-state index contributed by atoms with van der Waals surface area (Å²) in [5, 5.41) is 0. The molecule has 0 unspecified atom stereocenters. The lowest BCUT2D eigenvalue weighted by Crippen LogP contribution is -2.18. The van der Waals surface area contributed by atoms with Crippen molar-refractivity contribution in [3.8, 4) is 11.5 Å². The van der Waals surface area contributed by atoms with Gasteiger partial charge in [-0.15, -0.1) is 0 Å². The third-order valence-electron chi connectivity index (χ3n) is 3.75. The molecule has 0 amide bonds. The third kappa shape index (κ3) is 4.85. The molecular weight excluding hydrogens is 311 g/mol. The van der Waals surface area contributed by atoms with Crippen LogP contribution < -0.4 is 9.05 Å². The van der Waals surface area contributed by atoms with Crippen molar-refractivity contribution in [2.45, 2.75) is 38.2 Å². The average molecular weight is 332 g/mol. The second-order valence-electron chi connectivity index (χ2n) is 5.62. The van der Waals surface area contributed by atoms with E-state index in [1.807, 2.05) is 36.4 Å². The minimum atomic E-state index is -3.73. The van der Waals surface area contributed by atoms with Gasteiger partial charge in [0.2, 0.25) is 0 Å². The minimum Gasteiger partial charge on any atom is -0.395 e. The Morgan fingerprint density at radius 3 is 1.70 bits per heavy atom. The van der Waals surface area contributed by atoms with Gasteiger partial charge in [-0.3, -0.25) is 4.52 Å². The van der Waals surface area contributed by atoms with Crippen LogP contribution in [-0.2, 0) is 9.09 Å². The molecule has 0 atom stereocenters. The Balaban J connectivity index is 1.77. The maximum Gasteiger partial charge on any atom is 0.587 e. The van der Waals surface area contributed by atoms with Crippen molar-refractivity contribution in [1.82, 2.24) is 0 Å². The van der Waals surface area contributed by atoms with Gasteiger partial charge in [0.15, 0.2) is 0 Å². The van der Waals surface area contributed by atoms with Gasteiger partial charge in [0.25, 0.3) is 0 Å². The molecule has 122 valence electrons. The molecule has 0 aliphatic heterocycles. The van der Waals surface area contributed by atoms with E-state index in [1.165, 1.54) is 6.42 Å². The zero-order chi connectivity index (χ0) is 16.0. The van der Waals surface area contributed by atoms with Crippen LogP contribution in [0.1, 0.15) is 32.1 Å². The summed E-state index contributed by atoms with van der Waals surface area (Å²) in [6.45, 7) is 0. The number of rotatable bonds is 6. The highest BCUT2D eigenvalue weighted by Crippen LogP contribution is 2.51. The van der Waals surface area contributed by atoms with Crippen molar-refractivity contribution < 1.29 is 18.1 Å². The first kappa shape index (κ1) is 16.1. The van der Waals surface area contributed by atoms with E-state index >= 15 is 0 Å². The van der Waals surface area contributed by atoms with Crippen LogP contribution in [-0.4, -0.2) is 6.10 Å². The fourth-order valence-electron chi connectivity index (χ4n) is 2.64. The van der Waals surface area contributed by atoms with E-state index in [4.69, 9.17) is 13.6 Å². The number of hydrogen-bond acceptors (Lipinski definition) is 4. The van der Waals surface area contributed by atoms with Gasteiger partial charge in [0.05, 0.1) is 6.10 Å². The second-order valence-corrected chi connectivity index (χ2v) is 7.09. The number of phosphoric acid groups is 1. The highest BCUT2D eigenvalue weighted by atomic mass is 31.2. The first-order chi connectivity index (χ1) is 11.2. The lowest BCUT2D eigenvalue weighted by molar-refractivity contribution is 0.112. The molecule has 3 rings (SSSR count). The van der Waals surface area contributed by atoms with Crippen molar-refractivity contribution in [3.63, 3.8) is 0 Å². The van der Waals surface area contributed by atoms with Gasteiger partial charge in [0.1, 0.15) is 11.5 Å². The molecule has 4 nitrogen and oxygen atoms in total. The number of benzene rings is 2. The van der Waals surface area contributed by atoms with E-state index in [-0.39, 0.29) is 6.10 Å². The number of para-hydroxylation sites is 2. The fourth-order valence-corrected chi connectivity index (χ4v) is 4.09. The van der Waals surface area contributed by atoms with Crippen LogP contribution in [0.15, 0.2) is 60.7 Å². The third-order valence-corrected chi connectivity index (χ3v) is 5.18. The predicted octanol–water partition coefficient (Wildman–Crippen LogP) is 5.60. The molecule has 1 aliphatic rings. The summed E-state index contributed by atoms with van der Waals surface area (Å²) in [5.74, 6) is 0.949. The van der Waals surface area contributed by atoms with Crippen molar-refractivity contribution in [2.24, 2.45) is 0 Å². The SMILES string of the molecule is O=P(Oc1ccccc1)(Oc1ccccc1)OC1CCCCC1. The van der Waals surface area contributed by atoms with E-state index in [2.05, 4.69) is 0 Å². The minimum absolute atomic E-state index is 0.0815. The molecular formula is C18H21O4P. The first-order valence-corrected chi connectivity index (χ1v) is 9.47. The second kappa shape index (κ2) is 7.67. The molecule has 0 N–H and O–H groups in total.